The van der Waals surface area contributed by atoms with Gasteiger partial charge in [-0.2, -0.15) is 0 Å². The van der Waals surface area contributed by atoms with Gasteiger partial charge in [-0.3, -0.25) is 4.79 Å². The third-order valence-corrected chi connectivity index (χ3v) is 4.55. The lowest BCUT2D eigenvalue weighted by Gasteiger charge is -2.39. The summed E-state index contributed by atoms with van der Waals surface area (Å²) in [5.41, 5.74) is 5.46. The molecule has 0 aliphatic heterocycles. The predicted molar refractivity (Wildman–Crippen MR) is 71.0 cm³/mol. The largest absolute Gasteiger partial charge is 0.353 e. The standard InChI is InChI=1S/C13H20N2OS/c1-10(8-11-4-2-7-17-11)15-12(16)13(9-14)5-3-6-13/h2,4,7,10H,3,5-6,8-9,14H2,1H3,(H,15,16). The molecule has 3 nitrogen and oxygen atoms in total. The number of carbonyl (C=O) groups excluding carboxylic acids is 1. The van der Waals surface area contributed by atoms with Gasteiger partial charge in [0.1, 0.15) is 0 Å². The number of hydrogen-bond donors (Lipinski definition) is 2. The van der Waals surface area contributed by atoms with Crippen LogP contribution in [0.4, 0.5) is 0 Å². The van der Waals surface area contributed by atoms with Crippen LogP contribution in [0.3, 0.4) is 0 Å². The first kappa shape index (κ1) is 12.6. The van der Waals surface area contributed by atoms with Crippen LogP contribution in [0.2, 0.25) is 0 Å². The highest BCUT2D eigenvalue weighted by Gasteiger charge is 2.42. The maximum absolute atomic E-state index is 12.1. The quantitative estimate of drug-likeness (QED) is 0.841. The van der Waals surface area contributed by atoms with Gasteiger partial charge in [-0.15, -0.1) is 11.3 Å². The van der Waals surface area contributed by atoms with E-state index in [0.29, 0.717) is 6.54 Å². The van der Waals surface area contributed by atoms with Gasteiger partial charge in [0.25, 0.3) is 0 Å². The van der Waals surface area contributed by atoms with Gasteiger partial charge in [0.2, 0.25) is 5.91 Å². The zero-order valence-electron chi connectivity index (χ0n) is 10.2. The van der Waals surface area contributed by atoms with Crippen LogP contribution in [0.5, 0.6) is 0 Å². The van der Waals surface area contributed by atoms with Crippen molar-refractivity contribution in [3.8, 4) is 0 Å². The van der Waals surface area contributed by atoms with Gasteiger partial charge in [-0.1, -0.05) is 12.5 Å². The zero-order chi connectivity index (χ0) is 12.3. The Labute approximate surface area is 106 Å². The number of nitrogens with one attached hydrogen (secondary N) is 1. The molecule has 0 bridgehead atoms. The molecule has 3 N–H and O–H groups in total. The molecule has 2 rings (SSSR count). The molecule has 1 unspecified atom stereocenters. The molecule has 1 aliphatic rings. The summed E-state index contributed by atoms with van der Waals surface area (Å²) in [5.74, 6) is 0.148. The summed E-state index contributed by atoms with van der Waals surface area (Å²) in [6.07, 6.45) is 3.93. The topological polar surface area (TPSA) is 55.1 Å². The summed E-state index contributed by atoms with van der Waals surface area (Å²) < 4.78 is 0. The van der Waals surface area contributed by atoms with Gasteiger partial charge in [0, 0.05) is 23.9 Å². The number of nitrogens with two attached hydrogens (primary N) is 1. The monoisotopic (exact) mass is 252 g/mol. The molecular weight excluding hydrogens is 232 g/mol. The molecule has 1 aliphatic carbocycles. The molecule has 94 valence electrons. The molecule has 1 aromatic heterocycles. The van der Waals surface area contributed by atoms with E-state index in [1.807, 2.05) is 6.07 Å². The van der Waals surface area contributed by atoms with Crippen molar-refractivity contribution in [2.45, 2.75) is 38.6 Å². The minimum atomic E-state index is -0.260. The lowest BCUT2D eigenvalue weighted by Crippen LogP contribution is -2.52. The zero-order valence-corrected chi connectivity index (χ0v) is 11.1. The molecule has 0 saturated heterocycles. The van der Waals surface area contributed by atoms with Crippen LogP contribution in [0.15, 0.2) is 17.5 Å². The summed E-state index contributed by atoms with van der Waals surface area (Å²) in [4.78, 5) is 13.4. The molecule has 17 heavy (non-hydrogen) atoms. The number of hydrogen-bond acceptors (Lipinski definition) is 3. The Morgan fingerprint density at radius 3 is 2.88 bits per heavy atom. The smallest absolute Gasteiger partial charge is 0.227 e. The summed E-state index contributed by atoms with van der Waals surface area (Å²) in [6, 6.07) is 4.34. The summed E-state index contributed by atoms with van der Waals surface area (Å²) in [7, 11) is 0. The molecular formula is C13H20N2OS. The molecule has 1 amide bonds. The van der Waals surface area contributed by atoms with Gasteiger partial charge >= 0.3 is 0 Å². The van der Waals surface area contributed by atoms with Crippen molar-refractivity contribution in [1.29, 1.82) is 0 Å². The van der Waals surface area contributed by atoms with Crippen molar-refractivity contribution in [3.05, 3.63) is 22.4 Å². The predicted octanol–water partition coefficient (Wildman–Crippen LogP) is 1.92. The van der Waals surface area contributed by atoms with Crippen LogP contribution >= 0.6 is 11.3 Å². The Balaban J connectivity index is 1.86. The van der Waals surface area contributed by atoms with E-state index >= 15 is 0 Å². The number of amides is 1. The van der Waals surface area contributed by atoms with E-state index in [0.717, 1.165) is 25.7 Å². The van der Waals surface area contributed by atoms with E-state index < -0.39 is 0 Å². The molecule has 0 radical (unpaired) electrons. The second kappa shape index (κ2) is 5.19. The molecule has 1 aromatic rings. The van der Waals surface area contributed by atoms with Crippen LogP contribution in [0, 0.1) is 5.41 Å². The fourth-order valence-electron chi connectivity index (χ4n) is 2.29. The highest BCUT2D eigenvalue weighted by molar-refractivity contribution is 7.09. The van der Waals surface area contributed by atoms with Crippen molar-refractivity contribution >= 4 is 17.2 Å². The summed E-state index contributed by atoms with van der Waals surface area (Å²) >= 11 is 1.74. The van der Waals surface area contributed by atoms with E-state index in [2.05, 4.69) is 23.7 Å². The molecule has 1 heterocycles. The lowest BCUT2D eigenvalue weighted by atomic mass is 9.68. The Bertz CT molecular complexity index is 365. The van der Waals surface area contributed by atoms with Gasteiger partial charge < -0.3 is 11.1 Å². The average molecular weight is 252 g/mol. The normalized spacial score (nSPS) is 19.4. The second-order valence-electron chi connectivity index (χ2n) is 5.00. The van der Waals surface area contributed by atoms with Crippen molar-refractivity contribution in [2.24, 2.45) is 11.1 Å². The average Bonchev–Trinajstić information content (AvgIpc) is 2.69. The van der Waals surface area contributed by atoms with Gasteiger partial charge in [-0.05, 0) is 31.2 Å². The van der Waals surface area contributed by atoms with Crippen molar-refractivity contribution < 1.29 is 4.79 Å². The Hall–Kier alpha value is -0.870. The Morgan fingerprint density at radius 2 is 2.41 bits per heavy atom. The molecule has 0 aromatic carbocycles. The van der Waals surface area contributed by atoms with Crippen LogP contribution in [0.1, 0.15) is 31.1 Å². The minimum absolute atomic E-state index is 0.148. The number of rotatable bonds is 5. The maximum Gasteiger partial charge on any atom is 0.227 e. The molecule has 4 heteroatoms. The van der Waals surface area contributed by atoms with Gasteiger partial charge in [-0.25, -0.2) is 0 Å². The molecule has 1 saturated carbocycles. The number of thiophene rings is 1. The summed E-state index contributed by atoms with van der Waals surface area (Å²) in [6.45, 7) is 2.53. The van der Waals surface area contributed by atoms with Crippen molar-refractivity contribution in [1.82, 2.24) is 5.32 Å². The van der Waals surface area contributed by atoms with Gasteiger partial charge in [0.05, 0.1) is 5.41 Å². The lowest BCUT2D eigenvalue weighted by molar-refractivity contribution is -0.135. The highest BCUT2D eigenvalue weighted by atomic mass is 32.1. The van der Waals surface area contributed by atoms with Crippen molar-refractivity contribution in [3.63, 3.8) is 0 Å². The SMILES string of the molecule is CC(Cc1cccs1)NC(=O)C1(CN)CCC1. The first-order valence-corrected chi connectivity index (χ1v) is 7.08. The second-order valence-corrected chi connectivity index (χ2v) is 6.03. The van der Waals surface area contributed by atoms with Crippen LogP contribution < -0.4 is 11.1 Å². The molecule has 1 atom stereocenters. The first-order chi connectivity index (χ1) is 8.16. The van der Waals surface area contributed by atoms with Crippen LogP contribution in [-0.2, 0) is 11.2 Å². The first-order valence-electron chi connectivity index (χ1n) is 6.20. The van der Waals surface area contributed by atoms with Crippen LogP contribution in [0.25, 0.3) is 0 Å². The Morgan fingerprint density at radius 1 is 1.65 bits per heavy atom. The van der Waals surface area contributed by atoms with Crippen molar-refractivity contribution in [2.75, 3.05) is 6.54 Å². The number of carbonyl (C=O) groups is 1. The minimum Gasteiger partial charge on any atom is -0.353 e. The molecule has 1 fully saturated rings. The Kier molecular flexibility index (Phi) is 3.84. The van der Waals surface area contributed by atoms with E-state index in [-0.39, 0.29) is 17.4 Å². The fourth-order valence-corrected chi connectivity index (χ4v) is 3.12. The van der Waals surface area contributed by atoms with E-state index in [1.54, 1.807) is 11.3 Å². The fraction of sp³-hybridized carbons (Fsp3) is 0.615. The van der Waals surface area contributed by atoms with E-state index in [9.17, 15) is 4.79 Å². The summed E-state index contributed by atoms with van der Waals surface area (Å²) in [5, 5.41) is 5.17. The van der Waals surface area contributed by atoms with E-state index in [1.165, 1.54) is 4.88 Å². The maximum atomic E-state index is 12.1. The molecule has 0 spiro atoms. The van der Waals surface area contributed by atoms with E-state index in [4.69, 9.17) is 5.73 Å². The third kappa shape index (κ3) is 2.69. The van der Waals surface area contributed by atoms with Gasteiger partial charge in [0.15, 0.2) is 0 Å². The highest BCUT2D eigenvalue weighted by Crippen LogP contribution is 2.40. The van der Waals surface area contributed by atoms with Crippen LogP contribution in [-0.4, -0.2) is 18.5 Å². The third-order valence-electron chi connectivity index (χ3n) is 3.65.